The molecule has 28 heteroatoms. The topological polar surface area (TPSA) is 452 Å². The quantitative estimate of drug-likeness (QED) is 0.0312. The van der Waals surface area contributed by atoms with Crippen molar-refractivity contribution in [2.24, 2.45) is 29.0 Å². The molecule has 8 atom stereocenters. The number of aromatic hydroxyl groups is 1. The normalized spacial score (nSPS) is 14.3. The molecule has 0 fully saturated rings. The van der Waals surface area contributed by atoms with Gasteiger partial charge >= 0.3 is 5.97 Å². The maximum Gasteiger partial charge on any atom is 0.326 e. The van der Waals surface area contributed by atoms with Crippen LogP contribution in [0, 0.1) is 11.8 Å². The van der Waals surface area contributed by atoms with Gasteiger partial charge in [-0.2, -0.15) is 11.8 Å². The summed E-state index contributed by atoms with van der Waals surface area (Å²) in [6.07, 6.45) is 0.592. The summed E-state index contributed by atoms with van der Waals surface area (Å²) < 4.78 is 0. The fraction of sp³-hybridized carbons (Fsp3) is 0.581. The summed E-state index contributed by atoms with van der Waals surface area (Å²) in [5.74, 6) is -12.1. The number of phenolic OH excluding ortho intramolecular Hbond substituents is 1. The Morgan fingerprint density at radius 1 is 0.606 bits per heavy atom. The average Bonchev–Trinajstić information content (AvgIpc) is 3.30. The maximum absolute atomic E-state index is 13.8. The highest BCUT2D eigenvalue weighted by Crippen LogP contribution is 2.13. The van der Waals surface area contributed by atoms with Gasteiger partial charge in [-0.25, -0.2) is 4.79 Å². The SMILES string of the molecule is CC[C@H](C)[C@H](NC(=O)CNC(=O)CNC(=O)[C@H](Cc1ccc(O)cc1)NC(=O)[C@H](CC(N)=O)NC(=O)[C@H](CC(C)C)NC(=O)[C@H](CO)NC(=O)[C@@H](N)CC(N)=O)C(=O)NCC(=O)N[C@@H](CCSC)C(=O)O. The molecule has 1 aromatic carbocycles. The molecule has 0 heterocycles. The number of carbonyl (C=O) groups excluding carboxylic acids is 11. The number of nitrogens with two attached hydrogens (primary N) is 3. The molecule has 0 aliphatic heterocycles. The number of carboxylic acid groups (broad SMARTS) is 1. The van der Waals surface area contributed by atoms with Gasteiger partial charge < -0.3 is 80.4 Å². The van der Waals surface area contributed by atoms with Gasteiger partial charge in [0.1, 0.15) is 42.0 Å². The number of aliphatic carboxylic acids is 1. The number of carbonyl (C=O) groups is 12. The molecule has 1 rings (SSSR count). The van der Waals surface area contributed by atoms with Crippen molar-refractivity contribution >= 4 is 82.7 Å². The Balaban J connectivity index is 3.14. The zero-order chi connectivity index (χ0) is 54.0. The van der Waals surface area contributed by atoms with E-state index in [0.717, 1.165) is 0 Å². The lowest BCUT2D eigenvalue weighted by atomic mass is 9.98. The number of phenols is 1. The molecule has 71 heavy (non-hydrogen) atoms. The first-order valence-corrected chi connectivity index (χ1v) is 23.8. The van der Waals surface area contributed by atoms with Gasteiger partial charge in [-0.15, -0.1) is 0 Å². The number of carboxylic acids is 1. The second-order valence-electron chi connectivity index (χ2n) is 16.8. The van der Waals surface area contributed by atoms with Crippen molar-refractivity contribution in [3.05, 3.63) is 29.8 Å². The van der Waals surface area contributed by atoms with Crippen LogP contribution in [0.3, 0.4) is 0 Å². The molecule has 27 nitrogen and oxygen atoms in total. The first kappa shape index (κ1) is 61.9. The lowest BCUT2D eigenvalue weighted by Crippen LogP contribution is -2.60. The van der Waals surface area contributed by atoms with Crippen LogP contribution < -0.4 is 65.1 Å². The number of amides is 11. The van der Waals surface area contributed by atoms with Gasteiger partial charge in [0.2, 0.25) is 65.0 Å². The summed E-state index contributed by atoms with van der Waals surface area (Å²) in [7, 11) is 0. The number of primary amides is 2. The third kappa shape index (κ3) is 24.4. The van der Waals surface area contributed by atoms with Crippen LogP contribution in [0.5, 0.6) is 5.75 Å². The average molecular weight is 1030 g/mol. The molecule has 396 valence electrons. The summed E-state index contributed by atoms with van der Waals surface area (Å²) >= 11 is 1.39. The number of aliphatic hydroxyl groups excluding tert-OH is 1. The van der Waals surface area contributed by atoms with E-state index in [1.165, 1.54) is 36.0 Å². The fourth-order valence-corrected chi connectivity index (χ4v) is 6.74. The number of rotatable bonds is 33. The van der Waals surface area contributed by atoms with Crippen molar-refractivity contribution in [2.75, 3.05) is 38.2 Å². The molecule has 0 radical (unpaired) electrons. The molecule has 1 aromatic rings. The van der Waals surface area contributed by atoms with E-state index in [0.29, 0.717) is 17.7 Å². The maximum atomic E-state index is 13.8. The molecule has 11 amide bonds. The third-order valence-corrected chi connectivity index (χ3v) is 11.0. The van der Waals surface area contributed by atoms with E-state index in [1.807, 2.05) is 0 Å². The van der Waals surface area contributed by atoms with Gasteiger partial charge in [-0.3, -0.25) is 52.7 Å². The van der Waals surface area contributed by atoms with Crippen molar-refractivity contribution in [1.29, 1.82) is 0 Å². The van der Waals surface area contributed by atoms with E-state index in [2.05, 4.69) is 47.9 Å². The fourth-order valence-electron chi connectivity index (χ4n) is 6.26. The Kier molecular flexibility index (Phi) is 27.9. The van der Waals surface area contributed by atoms with Crippen LogP contribution in [-0.2, 0) is 64.0 Å². The summed E-state index contributed by atoms with van der Waals surface area (Å²) in [6, 6.07) is -4.76. The number of hydrogen-bond acceptors (Lipinski definition) is 16. The van der Waals surface area contributed by atoms with Crippen LogP contribution in [0.1, 0.15) is 65.4 Å². The van der Waals surface area contributed by atoms with Crippen LogP contribution in [0.4, 0.5) is 0 Å². The van der Waals surface area contributed by atoms with Crippen molar-refractivity contribution in [1.82, 2.24) is 47.9 Å². The zero-order valence-corrected chi connectivity index (χ0v) is 41.0. The van der Waals surface area contributed by atoms with Gasteiger partial charge in [0.15, 0.2) is 0 Å². The number of benzene rings is 1. The van der Waals surface area contributed by atoms with Crippen molar-refractivity contribution in [2.45, 2.75) is 109 Å². The third-order valence-electron chi connectivity index (χ3n) is 10.3. The van der Waals surface area contributed by atoms with Crippen LogP contribution in [0.25, 0.3) is 0 Å². The highest BCUT2D eigenvalue weighted by atomic mass is 32.2. The smallest absolute Gasteiger partial charge is 0.326 e. The Hall–Kier alpha value is -7.07. The van der Waals surface area contributed by atoms with Gasteiger partial charge in [-0.1, -0.05) is 46.2 Å². The second kappa shape index (κ2) is 31.9. The lowest BCUT2D eigenvalue weighted by Gasteiger charge is -2.27. The van der Waals surface area contributed by atoms with E-state index in [4.69, 9.17) is 17.2 Å². The van der Waals surface area contributed by atoms with Crippen LogP contribution in [0.2, 0.25) is 0 Å². The van der Waals surface area contributed by atoms with Gasteiger partial charge in [0.05, 0.1) is 45.1 Å². The number of nitrogens with one attached hydrogen (secondary N) is 9. The lowest BCUT2D eigenvalue weighted by molar-refractivity contribution is -0.141. The predicted molar refractivity (Wildman–Crippen MR) is 255 cm³/mol. The molecule has 0 saturated heterocycles. The zero-order valence-electron chi connectivity index (χ0n) is 40.2. The van der Waals surface area contributed by atoms with E-state index in [1.54, 1.807) is 34.0 Å². The molecule has 0 spiro atoms. The van der Waals surface area contributed by atoms with Crippen LogP contribution in [0.15, 0.2) is 24.3 Å². The van der Waals surface area contributed by atoms with Crippen molar-refractivity contribution in [3.63, 3.8) is 0 Å². The molecule has 0 aliphatic carbocycles. The van der Waals surface area contributed by atoms with E-state index in [9.17, 15) is 72.9 Å². The molecule has 0 saturated carbocycles. The molecule has 0 aromatic heterocycles. The highest BCUT2D eigenvalue weighted by molar-refractivity contribution is 7.98. The number of thioether (sulfide) groups is 1. The Labute approximate surface area is 413 Å². The van der Waals surface area contributed by atoms with E-state index in [-0.39, 0.29) is 30.9 Å². The molecular formula is C43H68N12O15S. The minimum absolute atomic E-state index is 0.0735. The number of hydrogen-bond donors (Lipinski definition) is 15. The van der Waals surface area contributed by atoms with E-state index >= 15 is 0 Å². The second-order valence-corrected chi connectivity index (χ2v) is 17.7. The molecule has 0 aliphatic rings. The highest BCUT2D eigenvalue weighted by Gasteiger charge is 2.34. The first-order valence-electron chi connectivity index (χ1n) is 22.4. The van der Waals surface area contributed by atoms with Gasteiger partial charge in [0.25, 0.3) is 0 Å². The molecule has 0 bridgehead atoms. The monoisotopic (exact) mass is 1020 g/mol. The summed E-state index contributed by atoms with van der Waals surface area (Å²) in [5.41, 5.74) is 16.5. The Bertz CT molecular complexity index is 2040. The standard InChI is InChI=1S/C43H68N12O15S/c1-6-22(4)36(42(68)49-19-34(61)50-26(43(69)70)11-12-71-5)55-35(62)18-47-33(60)17-48-38(64)28(14-23-7-9-24(57)10-8-23)52-40(66)29(16-32(46)59)53-39(65)27(13-21(2)3)51-41(67)30(20-56)54-37(63)25(44)15-31(45)58/h7-10,21-22,25-30,36,56-57H,6,11-20,44H2,1-5H3,(H2,45,58)(H2,46,59)(H,47,60)(H,48,64)(H,49,68)(H,50,61)(H,51,67)(H,52,66)(H,53,65)(H,54,63)(H,55,62)(H,69,70)/t22-,25-,26-,27-,28-,29-,30-,36-/m0/s1. The molecule has 0 unspecified atom stereocenters. The first-order chi connectivity index (χ1) is 33.3. The van der Waals surface area contributed by atoms with Crippen molar-refractivity contribution < 1.29 is 72.9 Å². The van der Waals surface area contributed by atoms with Crippen molar-refractivity contribution in [3.8, 4) is 5.75 Å². The Morgan fingerprint density at radius 2 is 1.11 bits per heavy atom. The number of aliphatic hydroxyl groups is 1. The minimum Gasteiger partial charge on any atom is -0.508 e. The minimum atomic E-state index is -1.76. The van der Waals surface area contributed by atoms with Crippen LogP contribution >= 0.6 is 11.8 Å². The largest absolute Gasteiger partial charge is 0.508 e. The predicted octanol–water partition coefficient (Wildman–Crippen LogP) is -5.81. The molecular weight excluding hydrogens is 957 g/mol. The van der Waals surface area contributed by atoms with E-state index < -0.39 is 158 Å². The Morgan fingerprint density at radius 3 is 1.66 bits per heavy atom. The summed E-state index contributed by atoms with van der Waals surface area (Å²) in [5, 5.41) is 50.0. The molecule has 18 N–H and O–H groups in total. The summed E-state index contributed by atoms with van der Waals surface area (Å²) in [6.45, 7) is 3.79. The van der Waals surface area contributed by atoms with Gasteiger partial charge in [-0.05, 0) is 54.4 Å². The van der Waals surface area contributed by atoms with Crippen LogP contribution in [-0.4, -0.2) is 167 Å². The van der Waals surface area contributed by atoms with Gasteiger partial charge in [0, 0.05) is 6.42 Å². The summed E-state index contributed by atoms with van der Waals surface area (Å²) in [4.78, 5) is 153.